The molecule has 0 spiro atoms. The highest BCUT2D eigenvalue weighted by Gasteiger charge is 2.21. The molecule has 0 saturated carbocycles. The van der Waals surface area contributed by atoms with E-state index in [4.69, 9.17) is 25.9 Å². The van der Waals surface area contributed by atoms with Crippen molar-refractivity contribution in [1.29, 1.82) is 0 Å². The standard InChI is InChI=1S/C23H30N6O4/c1-5-21(27-26-18-12-13-32-22-16(18)9-7-11-20(22)31-4)33-14-17-15(2)8-6-10-19(17)29(25)23(30)28(3)24/h6-11H,5,12-14,24-25H2,1-4H3/b26-18?,27-21-. The maximum atomic E-state index is 12.2. The van der Waals surface area contributed by atoms with E-state index in [2.05, 4.69) is 10.2 Å². The third kappa shape index (κ3) is 5.41. The van der Waals surface area contributed by atoms with Crippen LogP contribution >= 0.6 is 0 Å². The number of anilines is 1. The van der Waals surface area contributed by atoms with Gasteiger partial charge in [0, 0.05) is 31.0 Å². The lowest BCUT2D eigenvalue weighted by Crippen LogP contribution is -2.49. The largest absolute Gasteiger partial charge is 0.493 e. The number of amides is 2. The van der Waals surface area contributed by atoms with Crippen LogP contribution < -0.4 is 26.2 Å². The molecule has 2 aromatic carbocycles. The number of carbonyl (C=O) groups is 1. The molecular weight excluding hydrogens is 424 g/mol. The SMILES string of the molecule is CC/C(=N/N=C1CCOc2c(OC)cccc21)OCc1c(C)cccc1N(N)C(=O)N(C)N. The van der Waals surface area contributed by atoms with E-state index in [-0.39, 0.29) is 6.61 Å². The van der Waals surface area contributed by atoms with Crippen LogP contribution in [-0.2, 0) is 11.3 Å². The Kier molecular flexibility index (Phi) is 7.86. The molecule has 10 heteroatoms. The summed E-state index contributed by atoms with van der Waals surface area (Å²) >= 11 is 0. The number of nitrogens with two attached hydrogens (primary N) is 2. The Bertz CT molecular complexity index is 1070. The van der Waals surface area contributed by atoms with Crippen molar-refractivity contribution in [2.45, 2.75) is 33.3 Å². The number of carbonyl (C=O) groups excluding carboxylic acids is 1. The third-order valence-electron chi connectivity index (χ3n) is 5.22. The first-order valence-corrected chi connectivity index (χ1v) is 10.6. The van der Waals surface area contributed by atoms with Crippen molar-refractivity contribution in [3.8, 4) is 11.5 Å². The molecule has 1 aliphatic rings. The molecule has 0 saturated heterocycles. The molecule has 0 aliphatic carbocycles. The number of rotatable bonds is 6. The third-order valence-corrected chi connectivity index (χ3v) is 5.22. The normalized spacial score (nSPS) is 14.4. The molecule has 0 radical (unpaired) electrons. The average Bonchev–Trinajstić information content (AvgIpc) is 2.83. The topological polar surface area (TPSA) is 128 Å². The van der Waals surface area contributed by atoms with Gasteiger partial charge in [0.25, 0.3) is 0 Å². The second-order valence-corrected chi connectivity index (χ2v) is 7.45. The first-order chi connectivity index (χ1) is 15.9. The van der Waals surface area contributed by atoms with Gasteiger partial charge in [-0.2, -0.15) is 5.10 Å². The fraction of sp³-hybridized carbons (Fsp3) is 0.348. The fourth-order valence-electron chi connectivity index (χ4n) is 3.39. The van der Waals surface area contributed by atoms with Crippen molar-refractivity contribution in [3.63, 3.8) is 0 Å². The van der Waals surface area contributed by atoms with E-state index in [0.717, 1.165) is 32.4 Å². The zero-order chi connectivity index (χ0) is 24.0. The zero-order valence-electron chi connectivity index (χ0n) is 19.4. The van der Waals surface area contributed by atoms with Gasteiger partial charge in [-0.1, -0.05) is 25.1 Å². The van der Waals surface area contributed by atoms with Crippen molar-refractivity contribution >= 4 is 23.3 Å². The predicted molar refractivity (Wildman–Crippen MR) is 127 cm³/mol. The Labute approximate surface area is 193 Å². The second-order valence-electron chi connectivity index (χ2n) is 7.45. The van der Waals surface area contributed by atoms with E-state index in [1.54, 1.807) is 13.2 Å². The van der Waals surface area contributed by atoms with Gasteiger partial charge in [-0.05, 0) is 30.7 Å². The van der Waals surface area contributed by atoms with Crippen LogP contribution in [0.15, 0.2) is 46.6 Å². The van der Waals surface area contributed by atoms with Gasteiger partial charge >= 0.3 is 6.03 Å². The van der Waals surface area contributed by atoms with Gasteiger partial charge < -0.3 is 14.2 Å². The first kappa shape index (κ1) is 24.0. The summed E-state index contributed by atoms with van der Waals surface area (Å²) in [4.78, 5) is 12.2. The van der Waals surface area contributed by atoms with Gasteiger partial charge in [-0.25, -0.2) is 21.5 Å². The van der Waals surface area contributed by atoms with Crippen molar-refractivity contribution < 1.29 is 19.0 Å². The minimum absolute atomic E-state index is 0.169. The van der Waals surface area contributed by atoms with Gasteiger partial charge in [-0.3, -0.25) is 5.01 Å². The van der Waals surface area contributed by atoms with Gasteiger partial charge in [0.15, 0.2) is 11.5 Å². The van der Waals surface area contributed by atoms with Gasteiger partial charge in [0.1, 0.15) is 6.61 Å². The first-order valence-electron chi connectivity index (χ1n) is 10.6. The lowest BCUT2D eigenvalue weighted by Gasteiger charge is -2.24. The minimum Gasteiger partial charge on any atom is -0.493 e. The van der Waals surface area contributed by atoms with Gasteiger partial charge in [-0.15, -0.1) is 5.10 Å². The van der Waals surface area contributed by atoms with Gasteiger partial charge in [0.2, 0.25) is 5.90 Å². The molecule has 0 bridgehead atoms. The maximum absolute atomic E-state index is 12.2. The number of hydrogen-bond acceptors (Lipinski definition) is 8. The highest BCUT2D eigenvalue weighted by molar-refractivity contribution is 6.04. The molecular formula is C23H30N6O4. The van der Waals surface area contributed by atoms with Gasteiger partial charge in [0.05, 0.1) is 25.1 Å². The summed E-state index contributed by atoms with van der Waals surface area (Å²) in [5.41, 5.74) is 3.83. The van der Waals surface area contributed by atoms with Crippen molar-refractivity contribution in [1.82, 2.24) is 5.01 Å². The molecule has 0 aromatic heterocycles. The molecule has 4 N–H and O–H groups in total. The van der Waals surface area contributed by atoms with E-state index >= 15 is 0 Å². The van der Waals surface area contributed by atoms with E-state index in [0.29, 0.717) is 42.5 Å². The van der Waals surface area contributed by atoms with E-state index in [1.807, 2.05) is 44.2 Å². The van der Waals surface area contributed by atoms with Crippen LogP contribution in [-0.4, -0.2) is 43.4 Å². The number of nitrogens with zero attached hydrogens (tertiary/aromatic N) is 4. The Hall–Kier alpha value is -3.63. The zero-order valence-corrected chi connectivity index (χ0v) is 19.4. The highest BCUT2D eigenvalue weighted by atomic mass is 16.5. The van der Waals surface area contributed by atoms with Crippen molar-refractivity contribution in [2.24, 2.45) is 21.9 Å². The van der Waals surface area contributed by atoms with Crippen LogP contribution in [0.2, 0.25) is 0 Å². The van der Waals surface area contributed by atoms with Crippen LogP contribution in [0.3, 0.4) is 0 Å². The second kappa shape index (κ2) is 10.8. The maximum Gasteiger partial charge on any atom is 0.352 e. The van der Waals surface area contributed by atoms with Crippen LogP contribution in [0.1, 0.15) is 36.5 Å². The number of benzene rings is 2. The van der Waals surface area contributed by atoms with E-state index < -0.39 is 6.03 Å². The van der Waals surface area contributed by atoms with E-state index in [1.165, 1.54) is 7.05 Å². The number of fused-ring (bicyclic) bond motifs is 1. The van der Waals surface area contributed by atoms with Crippen LogP contribution in [0, 0.1) is 6.92 Å². The van der Waals surface area contributed by atoms with Crippen LogP contribution in [0.25, 0.3) is 0 Å². The lowest BCUT2D eigenvalue weighted by molar-refractivity contribution is 0.216. The van der Waals surface area contributed by atoms with Crippen LogP contribution in [0.5, 0.6) is 11.5 Å². The average molecular weight is 455 g/mol. The fourth-order valence-corrected chi connectivity index (χ4v) is 3.39. The molecule has 0 unspecified atom stereocenters. The quantitative estimate of drug-likeness (QED) is 0.227. The van der Waals surface area contributed by atoms with E-state index in [9.17, 15) is 4.79 Å². The molecule has 2 aromatic rings. The number of para-hydroxylation sites is 1. The monoisotopic (exact) mass is 454 g/mol. The summed E-state index contributed by atoms with van der Waals surface area (Å²) in [6.07, 6.45) is 1.16. The minimum atomic E-state index is -0.550. The molecule has 1 heterocycles. The van der Waals surface area contributed by atoms with Crippen LogP contribution in [0.4, 0.5) is 10.5 Å². The number of ether oxygens (including phenoxy) is 3. The Morgan fingerprint density at radius 3 is 2.67 bits per heavy atom. The number of methoxy groups -OCH3 is 1. The highest BCUT2D eigenvalue weighted by Crippen LogP contribution is 2.34. The molecule has 0 fully saturated rings. The molecule has 176 valence electrons. The molecule has 3 rings (SSSR count). The number of aryl methyl sites for hydroxylation is 1. The molecule has 1 aliphatic heterocycles. The lowest BCUT2D eigenvalue weighted by atomic mass is 10.0. The molecule has 33 heavy (non-hydrogen) atoms. The number of hydrogen-bond donors (Lipinski definition) is 2. The summed E-state index contributed by atoms with van der Waals surface area (Å²) in [6.45, 7) is 4.51. The summed E-state index contributed by atoms with van der Waals surface area (Å²) in [7, 11) is 3.03. The number of urea groups is 1. The smallest absolute Gasteiger partial charge is 0.352 e. The van der Waals surface area contributed by atoms with Crippen molar-refractivity contribution in [2.75, 3.05) is 25.8 Å². The summed E-state index contributed by atoms with van der Waals surface area (Å²) in [5, 5.41) is 10.7. The summed E-state index contributed by atoms with van der Waals surface area (Å²) in [5.74, 6) is 13.3. The Morgan fingerprint density at radius 2 is 1.97 bits per heavy atom. The summed E-state index contributed by atoms with van der Waals surface area (Å²) < 4.78 is 17.1. The predicted octanol–water partition coefficient (Wildman–Crippen LogP) is 3.12. The Morgan fingerprint density at radius 1 is 1.21 bits per heavy atom. The summed E-state index contributed by atoms with van der Waals surface area (Å²) in [6, 6.07) is 10.6. The van der Waals surface area contributed by atoms with Crippen molar-refractivity contribution in [3.05, 3.63) is 53.1 Å². The molecule has 0 atom stereocenters. The molecule has 2 amide bonds. The number of hydrazine groups is 2. The molecule has 10 nitrogen and oxygen atoms in total. The Balaban J connectivity index is 1.82.